The number of aliphatic carboxylic acids is 1. The Morgan fingerprint density at radius 3 is 2.83 bits per heavy atom. The summed E-state index contributed by atoms with van der Waals surface area (Å²) in [6.45, 7) is 5.39. The van der Waals surface area contributed by atoms with Gasteiger partial charge in [0.2, 0.25) is 5.91 Å². The van der Waals surface area contributed by atoms with E-state index in [1.54, 1.807) is 11.8 Å². The van der Waals surface area contributed by atoms with Crippen molar-refractivity contribution < 1.29 is 14.7 Å². The van der Waals surface area contributed by atoms with E-state index in [-0.39, 0.29) is 24.4 Å². The van der Waals surface area contributed by atoms with Gasteiger partial charge in [-0.1, -0.05) is 0 Å². The highest BCUT2D eigenvalue weighted by Crippen LogP contribution is 2.19. The van der Waals surface area contributed by atoms with Gasteiger partial charge in [0.15, 0.2) is 0 Å². The number of nitrogens with one attached hydrogen (secondary N) is 1. The van der Waals surface area contributed by atoms with E-state index in [0.717, 1.165) is 18.1 Å². The maximum atomic E-state index is 11.6. The standard InChI is InChI=1S/C12H22N2O3S/c1-9(2)13-11(15)3-4-14-5-6-18-8-10(14)7-12(16)17/h9-10H,3-8H2,1-2H3,(H,13,15)(H,16,17). The molecule has 0 aromatic rings. The molecular weight excluding hydrogens is 252 g/mol. The molecule has 1 rings (SSSR count). The first-order valence-electron chi connectivity index (χ1n) is 6.32. The largest absolute Gasteiger partial charge is 0.481 e. The highest BCUT2D eigenvalue weighted by molar-refractivity contribution is 7.99. The van der Waals surface area contributed by atoms with Gasteiger partial charge in [-0.15, -0.1) is 0 Å². The molecule has 18 heavy (non-hydrogen) atoms. The van der Waals surface area contributed by atoms with E-state index < -0.39 is 5.97 Å². The highest BCUT2D eigenvalue weighted by atomic mass is 32.2. The van der Waals surface area contributed by atoms with Crippen LogP contribution >= 0.6 is 11.8 Å². The Labute approximate surface area is 112 Å². The zero-order valence-corrected chi connectivity index (χ0v) is 11.8. The van der Waals surface area contributed by atoms with Crippen molar-refractivity contribution in [1.82, 2.24) is 10.2 Å². The van der Waals surface area contributed by atoms with E-state index in [1.165, 1.54) is 0 Å². The van der Waals surface area contributed by atoms with Crippen LogP contribution in [-0.2, 0) is 9.59 Å². The number of carboxylic acids is 1. The third-order valence-electron chi connectivity index (χ3n) is 2.84. The van der Waals surface area contributed by atoms with Gasteiger partial charge in [-0.3, -0.25) is 14.5 Å². The van der Waals surface area contributed by atoms with Crippen molar-refractivity contribution in [1.29, 1.82) is 0 Å². The lowest BCUT2D eigenvalue weighted by Crippen LogP contribution is -2.45. The fourth-order valence-electron chi connectivity index (χ4n) is 2.01. The number of nitrogens with zero attached hydrogens (tertiary/aromatic N) is 1. The van der Waals surface area contributed by atoms with Crippen LogP contribution in [0.2, 0.25) is 0 Å². The van der Waals surface area contributed by atoms with Crippen LogP contribution in [-0.4, -0.2) is 58.6 Å². The van der Waals surface area contributed by atoms with Crippen molar-refractivity contribution in [3.8, 4) is 0 Å². The summed E-state index contributed by atoms with van der Waals surface area (Å²) in [4.78, 5) is 24.5. The molecule has 0 aromatic carbocycles. The van der Waals surface area contributed by atoms with Crippen molar-refractivity contribution >= 4 is 23.6 Å². The summed E-state index contributed by atoms with van der Waals surface area (Å²) in [5.74, 6) is 1.14. The molecule has 0 aromatic heterocycles. The molecule has 1 heterocycles. The summed E-state index contributed by atoms with van der Waals surface area (Å²) in [7, 11) is 0. The monoisotopic (exact) mass is 274 g/mol. The Hall–Kier alpha value is -0.750. The summed E-state index contributed by atoms with van der Waals surface area (Å²) in [5, 5.41) is 11.7. The van der Waals surface area contributed by atoms with Crippen molar-refractivity contribution in [2.75, 3.05) is 24.6 Å². The van der Waals surface area contributed by atoms with E-state index >= 15 is 0 Å². The molecule has 1 aliphatic rings. The molecule has 5 nitrogen and oxygen atoms in total. The molecule has 1 amide bonds. The first-order chi connectivity index (χ1) is 8.49. The number of hydrogen-bond acceptors (Lipinski definition) is 4. The molecule has 6 heteroatoms. The molecular formula is C12H22N2O3S. The average Bonchev–Trinajstić information content (AvgIpc) is 2.26. The SMILES string of the molecule is CC(C)NC(=O)CCN1CCSCC1CC(=O)O. The van der Waals surface area contributed by atoms with Gasteiger partial charge in [-0.05, 0) is 13.8 Å². The molecule has 1 unspecified atom stereocenters. The smallest absolute Gasteiger partial charge is 0.304 e. The molecule has 1 aliphatic heterocycles. The Kier molecular flexibility index (Phi) is 6.49. The van der Waals surface area contributed by atoms with Crippen LogP contribution in [0.5, 0.6) is 0 Å². The number of rotatable bonds is 6. The van der Waals surface area contributed by atoms with Crippen molar-refractivity contribution in [3.05, 3.63) is 0 Å². The summed E-state index contributed by atoms with van der Waals surface area (Å²) < 4.78 is 0. The Balaban J connectivity index is 2.37. The fourth-order valence-corrected chi connectivity index (χ4v) is 3.14. The van der Waals surface area contributed by atoms with Gasteiger partial charge in [0.05, 0.1) is 6.42 Å². The third-order valence-corrected chi connectivity index (χ3v) is 3.93. The number of carbonyl (C=O) groups excluding carboxylic acids is 1. The summed E-state index contributed by atoms with van der Waals surface area (Å²) in [5.41, 5.74) is 0. The summed E-state index contributed by atoms with van der Waals surface area (Å²) in [6.07, 6.45) is 0.609. The molecule has 0 spiro atoms. The van der Waals surface area contributed by atoms with Gasteiger partial charge in [0.1, 0.15) is 0 Å². The summed E-state index contributed by atoms with van der Waals surface area (Å²) in [6, 6.07) is 0.220. The quantitative estimate of drug-likeness (QED) is 0.749. The van der Waals surface area contributed by atoms with Crippen molar-refractivity contribution in [2.24, 2.45) is 0 Å². The number of amides is 1. The topological polar surface area (TPSA) is 69.6 Å². The molecule has 2 N–H and O–H groups in total. The van der Waals surface area contributed by atoms with Crippen LogP contribution in [0.3, 0.4) is 0 Å². The maximum absolute atomic E-state index is 11.6. The first kappa shape index (κ1) is 15.3. The minimum Gasteiger partial charge on any atom is -0.481 e. The number of thioether (sulfide) groups is 1. The molecule has 1 atom stereocenters. The molecule has 0 aliphatic carbocycles. The molecule has 0 saturated carbocycles. The average molecular weight is 274 g/mol. The fraction of sp³-hybridized carbons (Fsp3) is 0.833. The molecule has 1 saturated heterocycles. The first-order valence-corrected chi connectivity index (χ1v) is 7.47. The van der Waals surface area contributed by atoms with Gasteiger partial charge in [0.25, 0.3) is 0 Å². The maximum Gasteiger partial charge on any atom is 0.304 e. The van der Waals surface area contributed by atoms with E-state index in [4.69, 9.17) is 5.11 Å². The Morgan fingerprint density at radius 2 is 2.22 bits per heavy atom. The lowest BCUT2D eigenvalue weighted by Gasteiger charge is -2.34. The van der Waals surface area contributed by atoms with Crippen LogP contribution in [0.1, 0.15) is 26.7 Å². The van der Waals surface area contributed by atoms with E-state index in [2.05, 4.69) is 10.2 Å². The van der Waals surface area contributed by atoms with Crippen molar-refractivity contribution in [3.63, 3.8) is 0 Å². The zero-order valence-electron chi connectivity index (χ0n) is 11.0. The second kappa shape index (κ2) is 7.63. The zero-order chi connectivity index (χ0) is 13.5. The van der Waals surface area contributed by atoms with E-state index in [1.807, 2.05) is 13.8 Å². The minimum atomic E-state index is -0.765. The Morgan fingerprint density at radius 1 is 1.50 bits per heavy atom. The highest BCUT2D eigenvalue weighted by Gasteiger charge is 2.25. The molecule has 0 radical (unpaired) electrons. The van der Waals surface area contributed by atoms with Gasteiger partial charge in [-0.2, -0.15) is 11.8 Å². The number of carboxylic acid groups (broad SMARTS) is 1. The second-order valence-electron chi connectivity index (χ2n) is 4.83. The minimum absolute atomic E-state index is 0.0392. The third kappa shape index (κ3) is 5.73. The normalized spacial score (nSPS) is 20.9. The lowest BCUT2D eigenvalue weighted by molar-refractivity contribution is -0.138. The molecule has 104 valence electrons. The predicted molar refractivity (Wildman–Crippen MR) is 72.8 cm³/mol. The van der Waals surface area contributed by atoms with Crippen molar-refractivity contribution in [2.45, 2.75) is 38.8 Å². The van der Waals surface area contributed by atoms with Crippen LogP contribution in [0, 0.1) is 0 Å². The molecule has 1 fully saturated rings. The van der Waals surface area contributed by atoms with E-state index in [0.29, 0.717) is 13.0 Å². The number of hydrogen-bond donors (Lipinski definition) is 2. The van der Waals surface area contributed by atoms with Crippen LogP contribution in [0.25, 0.3) is 0 Å². The summed E-state index contributed by atoms with van der Waals surface area (Å²) >= 11 is 1.79. The Bertz CT molecular complexity index is 297. The van der Waals surface area contributed by atoms with Gasteiger partial charge in [0, 0.05) is 43.1 Å². The van der Waals surface area contributed by atoms with E-state index in [9.17, 15) is 9.59 Å². The second-order valence-corrected chi connectivity index (χ2v) is 5.98. The van der Waals surface area contributed by atoms with Crippen LogP contribution in [0.15, 0.2) is 0 Å². The van der Waals surface area contributed by atoms with Gasteiger partial charge < -0.3 is 10.4 Å². The lowest BCUT2D eigenvalue weighted by atomic mass is 10.2. The van der Waals surface area contributed by atoms with Crippen LogP contribution in [0.4, 0.5) is 0 Å². The van der Waals surface area contributed by atoms with Crippen LogP contribution < -0.4 is 5.32 Å². The molecule has 0 bridgehead atoms. The predicted octanol–water partition coefficient (Wildman–Crippen LogP) is 0.793. The van der Waals surface area contributed by atoms with Gasteiger partial charge in [-0.25, -0.2) is 0 Å². The van der Waals surface area contributed by atoms with Gasteiger partial charge >= 0.3 is 5.97 Å². The number of carbonyl (C=O) groups is 2.